The van der Waals surface area contributed by atoms with E-state index in [1.54, 1.807) is 6.20 Å². The topological polar surface area (TPSA) is 119 Å². The molecule has 180 valence electrons. The van der Waals surface area contributed by atoms with Crippen LogP contribution in [0.2, 0.25) is 0 Å². The van der Waals surface area contributed by atoms with E-state index in [1.807, 2.05) is 38.1 Å². The smallest absolute Gasteiger partial charge is 0.108 e. The molecule has 0 aliphatic carbocycles. The summed E-state index contributed by atoms with van der Waals surface area (Å²) >= 11 is 0. The summed E-state index contributed by atoms with van der Waals surface area (Å²) in [4.78, 5) is 5.05. The fourth-order valence-corrected chi connectivity index (χ4v) is 4.55. The van der Waals surface area contributed by atoms with E-state index in [-0.39, 0.29) is 6.15 Å². The van der Waals surface area contributed by atoms with Crippen molar-refractivity contribution in [1.29, 1.82) is 0 Å². The predicted octanol–water partition coefficient (Wildman–Crippen LogP) is 5.57. The number of allylic oxidation sites excluding steroid dienone is 2. The lowest BCUT2D eigenvalue weighted by atomic mass is 9.97. The van der Waals surface area contributed by atoms with E-state index in [2.05, 4.69) is 63.4 Å². The number of aryl methyl sites for hydroxylation is 3. The van der Waals surface area contributed by atoms with Crippen molar-refractivity contribution in [3.63, 3.8) is 0 Å². The first-order chi connectivity index (χ1) is 16.7. The summed E-state index contributed by atoms with van der Waals surface area (Å²) in [6.45, 7) is 5.53. The number of aromatic nitrogens is 3. The third-order valence-electron chi connectivity index (χ3n) is 6.22. The molecule has 35 heavy (non-hydrogen) atoms. The van der Waals surface area contributed by atoms with E-state index in [0.717, 1.165) is 52.4 Å². The maximum absolute atomic E-state index is 6.08. The standard InChI is InChI=1S/C26H28N6.C2H2.H3N/c1-3-20(24-11-12-30-31-24)25(29-16-28-19-10-9-17(2)23(27)14-19)22-15-32-13-5-7-18-6-4-8-21(22)26(18)32;1-2;/h3-4,6,8-12,14-15,28H,5,7,13,16,27H2,1-2H3,(H,30,31);1-2H;1H3/b20-3-,29-25+;;. The van der Waals surface area contributed by atoms with Gasteiger partial charge in [0, 0.05) is 46.8 Å². The summed E-state index contributed by atoms with van der Waals surface area (Å²) in [5.41, 5.74) is 15.7. The Hall–Kier alpha value is -4.28. The number of hydrogen-bond acceptors (Lipinski definition) is 5. The average Bonchev–Trinajstić information content (AvgIpc) is 3.52. The van der Waals surface area contributed by atoms with Crippen molar-refractivity contribution in [3.05, 3.63) is 83.3 Å². The Kier molecular flexibility index (Phi) is 8.13. The second-order valence-corrected chi connectivity index (χ2v) is 8.24. The molecule has 0 fully saturated rings. The first kappa shape index (κ1) is 25.3. The quantitative estimate of drug-likeness (QED) is 0.168. The molecule has 0 amide bonds. The number of benzene rings is 2. The predicted molar refractivity (Wildman–Crippen MR) is 148 cm³/mol. The zero-order valence-electron chi connectivity index (χ0n) is 20.4. The minimum atomic E-state index is 0. The molecule has 0 radical (unpaired) electrons. The lowest BCUT2D eigenvalue weighted by Crippen LogP contribution is -2.09. The van der Waals surface area contributed by atoms with Crippen LogP contribution < -0.4 is 17.2 Å². The highest BCUT2D eigenvalue weighted by molar-refractivity contribution is 6.34. The van der Waals surface area contributed by atoms with Crippen LogP contribution in [-0.4, -0.2) is 27.1 Å². The minimum Gasteiger partial charge on any atom is -0.398 e. The van der Waals surface area contributed by atoms with Crippen LogP contribution in [0.3, 0.4) is 0 Å². The molecule has 0 bridgehead atoms. The van der Waals surface area contributed by atoms with Crippen molar-refractivity contribution in [2.45, 2.75) is 33.2 Å². The monoisotopic (exact) mass is 467 g/mol. The van der Waals surface area contributed by atoms with Gasteiger partial charge in [0.05, 0.1) is 16.9 Å². The molecule has 3 heterocycles. The van der Waals surface area contributed by atoms with Crippen molar-refractivity contribution < 1.29 is 0 Å². The largest absolute Gasteiger partial charge is 0.398 e. The number of rotatable bonds is 6. The Bertz CT molecular complexity index is 1370. The number of anilines is 2. The molecule has 7 N–H and O–H groups in total. The number of para-hydroxylation sites is 1. The van der Waals surface area contributed by atoms with Gasteiger partial charge in [-0.2, -0.15) is 5.10 Å². The number of aliphatic imine (C=N–C) groups is 1. The third-order valence-corrected chi connectivity index (χ3v) is 6.22. The van der Waals surface area contributed by atoms with Crippen LogP contribution in [0.4, 0.5) is 11.4 Å². The van der Waals surface area contributed by atoms with Crippen LogP contribution in [0.1, 0.15) is 35.7 Å². The normalized spacial score (nSPS) is 13.0. The van der Waals surface area contributed by atoms with Crippen LogP contribution in [0.5, 0.6) is 0 Å². The number of nitrogens with one attached hydrogen (secondary N) is 2. The van der Waals surface area contributed by atoms with Gasteiger partial charge >= 0.3 is 0 Å². The van der Waals surface area contributed by atoms with E-state index < -0.39 is 0 Å². The molecular weight excluding hydrogens is 434 g/mol. The average molecular weight is 468 g/mol. The number of hydrogen-bond donors (Lipinski definition) is 4. The van der Waals surface area contributed by atoms with Gasteiger partial charge in [-0.25, -0.2) is 0 Å². The zero-order valence-corrected chi connectivity index (χ0v) is 20.4. The molecule has 0 saturated heterocycles. The van der Waals surface area contributed by atoms with Crippen molar-refractivity contribution in [2.75, 3.05) is 17.7 Å². The highest BCUT2D eigenvalue weighted by Crippen LogP contribution is 2.32. The fraction of sp³-hybridized carbons (Fsp3) is 0.214. The summed E-state index contributed by atoms with van der Waals surface area (Å²) in [5, 5.41) is 11.9. The van der Waals surface area contributed by atoms with E-state index in [9.17, 15) is 0 Å². The van der Waals surface area contributed by atoms with E-state index in [0.29, 0.717) is 6.67 Å². The van der Waals surface area contributed by atoms with Crippen molar-refractivity contribution in [3.8, 4) is 12.8 Å². The summed E-state index contributed by atoms with van der Waals surface area (Å²) in [6.07, 6.45) is 16.4. The Morgan fingerprint density at radius 1 is 1.26 bits per heavy atom. The van der Waals surface area contributed by atoms with Gasteiger partial charge in [0.2, 0.25) is 0 Å². The Balaban J connectivity index is 0.00000111. The fourth-order valence-electron chi connectivity index (χ4n) is 4.55. The van der Waals surface area contributed by atoms with E-state index >= 15 is 0 Å². The molecule has 1 aliphatic rings. The highest BCUT2D eigenvalue weighted by Gasteiger charge is 2.21. The molecule has 0 unspecified atom stereocenters. The number of H-pyrrole nitrogens is 1. The highest BCUT2D eigenvalue weighted by atomic mass is 15.1. The first-order valence-corrected chi connectivity index (χ1v) is 11.4. The first-order valence-electron chi connectivity index (χ1n) is 11.4. The summed E-state index contributed by atoms with van der Waals surface area (Å²) in [5.74, 6) is 0. The van der Waals surface area contributed by atoms with Gasteiger partial charge in [0.15, 0.2) is 0 Å². The molecule has 0 spiro atoms. The number of terminal acetylenes is 1. The van der Waals surface area contributed by atoms with Crippen LogP contribution in [0, 0.1) is 19.8 Å². The summed E-state index contributed by atoms with van der Waals surface area (Å²) in [7, 11) is 0. The van der Waals surface area contributed by atoms with E-state index in [4.69, 9.17) is 10.7 Å². The van der Waals surface area contributed by atoms with Crippen LogP contribution in [0.25, 0.3) is 16.5 Å². The lowest BCUT2D eigenvalue weighted by molar-refractivity contribution is 0.636. The van der Waals surface area contributed by atoms with Gasteiger partial charge < -0.3 is 21.8 Å². The number of nitrogen functional groups attached to an aromatic ring is 1. The van der Waals surface area contributed by atoms with Gasteiger partial charge in [0.25, 0.3) is 0 Å². The van der Waals surface area contributed by atoms with Gasteiger partial charge in [-0.1, -0.05) is 30.3 Å². The molecule has 4 aromatic rings. The van der Waals surface area contributed by atoms with Crippen molar-refractivity contribution in [2.24, 2.45) is 4.99 Å². The second kappa shape index (κ2) is 11.2. The van der Waals surface area contributed by atoms with Crippen LogP contribution in [0.15, 0.2) is 65.9 Å². The molecule has 2 aromatic heterocycles. The Labute approximate surface area is 206 Å². The van der Waals surface area contributed by atoms with Gasteiger partial charge in [-0.05, 0) is 56.0 Å². The summed E-state index contributed by atoms with van der Waals surface area (Å²) in [6, 6.07) is 14.6. The lowest BCUT2D eigenvalue weighted by Gasteiger charge is -2.14. The SMILES string of the molecule is C#C.C/C=C(\C(=N/CNc1ccc(C)c(N)c1)c1cn2c3c(cccc13)CCC2)c1ccn[nH]1.N. The third kappa shape index (κ3) is 4.98. The van der Waals surface area contributed by atoms with Crippen molar-refractivity contribution in [1.82, 2.24) is 20.9 Å². The Morgan fingerprint density at radius 2 is 2.09 bits per heavy atom. The minimum absolute atomic E-state index is 0. The molecule has 7 heteroatoms. The van der Waals surface area contributed by atoms with Gasteiger partial charge in [-0.15, -0.1) is 12.8 Å². The molecule has 2 aromatic carbocycles. The van der Waals surface area contributed by atoms with Gasteiger partial charge in [-0.3, -0.25) is 10.1 Å². The number of aromatic amines is 1. The van der Waals surface area contributed by atoms with Crippen LogP contribution >= 0.6 is 0 Å². The summed E-state index contributed by atoms with van der Waals surface area (Å²) < 4.78 is 2.38. The van der Waals surface area contributed by atoms with Crippen LogP contribution in [-0.2, 0) is 13.0 Å². The molecule has 0 atom stereocenters. The van der Waals surface area contributed by atoms with E-state index in [1.165, 1.54) is 22.9 Å². The zero-order chi connectivity index (χ0) is 24.1. The molecule has 7 nitrogen and oxygen atoms in total. The number of nitrogens with zero attached hydrogens (tertiary/aromatic N) is 3. The maximum Gasteiger partial charge on any atom is 0.108 e. The maximum atomic E-state index is 6.08. The molecule has 5 rings (SSSR count). The second-order valence-electron chi connectivity index (χ2n) is 8.24. The molecule has 0 saturated carbocycles. The number of nitrogens with two attached hydrogens (primary N) is 1. The Morgan fingerprint density at radius 3 is 2.80 bits per heavy atom. The van der Waals surface area contributed by atoms with Gasteiger partial charge in [0.1, 0.15) is 6.67 Å². The molecular formula is C28H33N7. The van der Waals surface area contributed by atoms with Crippen molar-refractivity contribution >= 4 is 33.6 Å². The molecule has 1 aliphatic heterocycles.